The highest BCUT2D eigenvalue weighted by Crippen LogP contribution is 2.35. The van der Waals surface area contributed by atoms with Crippen LogP contribution in [0.25, 0.3) is 0 Å². The van der Waals surface area contributed by atoms with Crippen LogP contribution in [0.5, 0.6) is 0 Å². The molecule has 0 aromatic carbocycles. The summed E-state index contributed by atoms with van der Waals surface area (Å²) in [6, 6.07) is 1.70. The Bertz CT molecular complexity index is 347. The number of ketones is 1. The first-order valence-electron chi connectivity index (χ1n) is 5.17. The normalized spacial score (nSPS) is 18.0. The van der Waals surface area contributed by atoms with Gasteiger partial charge in [0.2, 0.25) is 0 Å². The van der Waals surface area contributed by atoms with Gasteiger partial charge in [0.1, 0.15) is 4.34 Å². The second-order valence-electron chi connectivity index (χ2n) is 3.93. The highest BCUT2D eigenvalue weighted by atomic mass is 35.5. The van der Waals surface area contributed by atoms with Crippen LogP contribution in [0.1, 0.15) is 41.8 Å². The molecule has 1 aromatic heterocycles. The maximum absolute atomic E-state index is 12.1. The van der Waals surface area contributed by atoms with Crippen molar-refractivity contribution >= 4 is 40.3 Å². The fourth-order valence-corrected chi connectivity index (χ4v) is 3.42. The van der Waals surface area contributed by atoms with Gasteiger partial charge in [-0.3, -0.25) is 4.79 Å². The smallest absolute Gasteiger partial charge is 0.175 e. The van der Waals surface area contributed by atoms with Gasteiger partial charge in [0, 0.05) is 5.92 Å². The summed E-state index contributed by atoms with van der Waals surface area (Å²) in [6.45, 7) is 0. The topological polar surface area (TPSA) is 17.1 Å². The minimum atomic E-state index is 0.199. The number of Topliss-reactive ketones (excluding diaryl/α,β-unsaturated/α-hetero) is 1. The van der Waals surface area contributed by atoms with Crippen LogP contribution in [-0.4, -0.2) is 5.78 Å². The summed E-state index contributed by atoms with van der Waals surface area (Å²) in [5, 5.41) is 0.501. The molecule has 1 aliphatic carbocycles. The minimum absolute atomic E-state index is 0.199. The Morgan fingerprint density at radius 1 is 1.27 bits per heavy atom. The third-order valence-corrected chi connectivity index (χ3v) is 4.74. The second-order valence-corrected chi connectivity index (χ2v) is 5.99. The highest BCUT2D eigenvalue weighted by Gasteiger charge is 2.24. The maximum atomic E-state index is 12.1. The first-order chi connectivity index (χ1) is 7.18. The van der Waals surface area contributed by atoms with Gasteiger partial charge in [-0.25, -0.2) is 0 Å². The average Bonchev–Trinajstić information content (AvgIpc) is 2.59. The Balaban J connectivity index is 2.12. The lowest BCUT2D eigenvalue weighted by Crippen LogP contribution is -2.16. The lowest BCUT2D eigenvalue weighted by molar-refractivity contribution is 0.0894. The Hall–Kier alpha value is -0.0500. The number of halogens is 2. The van der Waals surface area contributed by atoms with Gasteiger partial charge in [-0.15, -0.1) is 11.3 Å². The molecule has 1 aliphatic rings. The molecule has 0 radical (unpaired) electrons. The Labute approximate surface area is 103 Å². The van der Waals surface area contributed by atoms with Gasteiger partial charge in [0.25, 0.3) is 0 Å². The molecule has 0 bridgehead atoms. The van der Waals surface area contributed by atoms with Crippen LogP contribution in [0.4, 0.5) is 0 Å². The summed E-state index contributed by atoms with van der Waals surface area (Å²) in [4.78, 5) is 12.8. The lowest BCUT2D eigenvalue weighted by atomic mass is 9.86. The van der Waals surface area contributed by atoms with E-state index >= 15 is 0 Å². The molecule has 0 saturated heterocycles. The van der Waals surface area contributed by atoms with Gasteiger partial charge in [-0.05, 0) is 18.9 Å². The van der Waals surface area contributed by atoms with Gasteiger partial charge >= 0.3 is 0 Å². The van der Waals surface area contributed by atoms with Crippen molar-refractivity contribution in [3.8, 4) is 0 Å². The SMILES string of the molecule is O=C(c1cc(Cl)c(Cl)s1)C1CCCCC1. The molecule has 2 rings (SSSR count). The van der Waals surface area contributed by atoms with Gasteiger partial charge in [0.15, 0.2) is 5.78 Å². The summed E-state index contributed by atoms with van der Waals surface area (Å²) >= 11 is 13.0. The Kier molecular flexibility index (Phi) is 3.70. The van der Waals surface area contributed by atoms with E-state index in [4.69, 9.17) is 23.2 Å². The van der Waals surface area contributed by atoms with Crippen LogP contribution < -0.4 is 0 Å². The second kappa shape index (κ2) is 4.86. The molecule has 0 unspecified atom stereocenters. The van der Waals surface area contributed by atoms with Gasteiger partial charge < -0.3 is 0 Å². The molecule has 0 aliphatic heterocycles. The molecule has 15 heavy (non-hydrogen) atoms. The monoisotopic (exact) mass is 262 g/mol. The summed E-state index contributed by atoms with van der Waals surface area (Å²) in [5.74, 6) is 0.429. The highest BCUT2D eigenvalue weighted by molar-refractivity contribution is 7.18. The summed E-state index contributed by atoms with van der Waals surface area (Å²) in [6.07, 6.45) is 5.64. The molecule has 1 fully saturated rings. The van der Waals surface area contributed by atoms with Crippen molar-refractivity contribution in [2.24, 2.45) is 5.92 Å². The van der Waals surface area contributed by atoms with Crippen molar-refractivity contribution in [2.75, 3.05) is 0 Å². The van der Waals surface area contributed by atoms with E-state index in [1.165, 1.54) is 30.6 Å². The van der Waals surface area contributed by atoms with E-state index in [9.17, 15) is 4.79 Å². The molecule has 0 amide bonds. The molecule has 0 spiro atoms. The van der Waals surface area contributed by atoms with Crippen LogP contribution in [0.2, 0.25) is 9.36 Å². The van der Waals surface area contributed by atoms with Gasteiger partial charge in [-0.1, -0.05) is 42.5 Å². The quantitative estimate of drug-likeness (QED) is 0.699. The zero-order chi connectivity index (χ0) is 10.8. The molecular formula is C11H12Cl2OS. The standard InChI is InChI=1S/C11H12Cl2OS/c12-8-6-9(15-11(8)13)10(14)7-4-2-1-3-5-7/h6-7H,1-5H2. The fraction of sp³-hybridized carbons (Fsp3) is 0.545. The van der Waals surface area contributed by atoms with Crippen molar-refractivity contribution in [2.45, 2.75) is 32.1 Å². The van der Waals surface area contributed by atoms with Crippen molar-refractivity contribution in [1.29, 1.82) is 0 Å². The van der Waals surface area contributed by atoms with Crippen LogP contribution in [0.3, 0.4) is 0 Å². The summed E-state index contributed by atoms with van der Waals surface area (Å²) in [7, 11) is 0. The van der Waals surface area contributed by atoms with E-state index in [0.717, 1.165) is 17.7 Å². The maximum Gasteiger partial charge on any atom is 0.175 e. The minimum Gasteiger partial charge on any atom is -0.293 e. The van der Waals surface area contributed by atoms with Crippen LogP contribution in [0, 0.1) is 5.92 Å². The molecule has 0 atom stereocenters. The Morgan fingerprint density at radius 3 is 2.47 bits per heavy atom. The van der Waals surface area contributed by atoms with Crippen molar-refractivity contribution in [1.82, 2.24) is 0 Å². The van der Waals surface area contributed by atoms with Crippen molar-refractivity contribution in [3.63, 3.8) is 0 Å². The fourth-order valence-electron chi connectivity index (χ4n) is 2.03. The van der Waals surface area contributed by atoms with E-state index in [1.54, 1.807) is 6.07 Å². The molecule has 4 heteroatoms. The number of carbonyl (C=O) groups excluding carboxylic acids is 1. The largest absolute Gasteiger partial charge is 0.293 e. The molecule has 1 aromatic rings. The van der Waals surface area contributed by atoms with Crippen molar-refractivity contribution < 1.29 is 4.79 Å². The summed E-state index contributed by atoms with van der Waals surface area (Å²) < 4.78 is 0.524. The number of rotatable bonds is 2. The van der Waals surface area contributed by atoms with Gasteiger partial charge in [-0.2, -0.15) is 0 Å². The third kappa shape index (κ3) is 2.55. The third-order valence-electron chi connectivity index (χ3n) is 2.86. The van der Waals surface area contributed by atoms with Gasteiger partial charge in [0.05, 0.1) is 9.90 Å². The predicted octanol–water partition coefficient (Wildman–Crippen LogP) is 4.82. The molecule has 1 saturated carbocycles. The zero-order valence-corrected chi connectivity index (χ0v) is 10.6. The van der Waals surface area contributed by atoms with E-state index in [2.05, 4.69) is 0 Å². The van der Waals surface area contributed by atoms with Crippen LogP contribution >= 0.6 is 34.5 Å². The predicted molar refractivity (Wildman–Crippen MR) is 65.2 cm³/mol. The first-order valence-corrected chi connectivity index (χ1v) is 6.75. The molecular weight excluding hydrogens is 251 g/mol. The molecule has 0 N–H and O–H groups in total. The number of thiophene rings is 1. The summed E-state index contributed by atoms with van der Waals surface area (Å²) in [5.41, 5.74) is 0. The number of hydrogen-bond donors (Lipinski definition) is 0. The lowest BCUT2D eigenvalue weighted by Gasteiger charge is -2.19. The molecule has 1 heterocycles. The van der Waals surface area contributed by atoms with Crippen LogP contribution in [0.15, 0.2) is 6.07 Å². The van der Waals surface area contributed by atoms with E-state index in [1.807, 2.05) is 0 Å². The molecule has 1 nitrogen and oxygen atoms in total. The van der Waals surface area contributed by atoms with E-state index in [-0.39, 0.29) is 11.7 Å². The van der Waals surface area contributed by atoms with E-state index < -0.39 is 0 Å². The first kappa shape index (κ1) is 11.4. The van der Waals surface area contributed by atoms with E-state index in [0.29, 0.717) is 9.36 Å². The zero-order valence-electron chi connectivity index (χ0n) is 8.26. The number of carbonyl (C=O) groups is 1. The average molecular weight is 263 g/mol. The van der Waals surface area contributed by atoms with Crippen molar-refractivity contribution in [3.05, 3.63) is 20.3 Å². The van der Waals surface area contributed by atoms with Crippen LogP contribution in [-0.2, 0) is 0 Å². The Morgan fingerprint density at radius 2 is 1.93 bits per heavy atom. The molecule has 82 valence electrons. The number of hydrogen-bond acceptors (Lipinski definition) is 2.